The second kappa shape index (κ2) is 8.64. The summed E-state index contributed by atoms with van der Waals surface area (Å²) in [4.78, 5) is 19.3. The van der Waals surface area contributed by atoms with Gasteiger partial charge in [-0.1, -0.05) is 19.1 Å². The van der Waals surface area contributed by atoms with Gasteiger partial charge in [-0.25, -0.2) is 4.98 Å². The van der Waals surface area contributed by atoms with E-state index in [1.54, 1.807) is 6.92 Å². The van der Waals surface area contributed by atoms with Crippen molar-refractivity contribution in [2.24, 2.45) is 5.92 Å². The first-order valence-corrected chi connectivity index (χ1v) is 10.1. The lowest BCUT2D eigenvalue weighted by molar-refractivity contribution is -0.122. The van der Waals surface area contributed by atoms with E-state index in [4.69, 9.17) is 4.74 Å². The molecule has 2 heterocycles. The number of aromatic nitrogens is 1. The molecule has 26 heavy (non-hydrogen) atoms. The Morgan fingerprint density at radius 2 is 2.19 bits per heavy atom. The maximum atomic E-state index is 12.4. The van der Waals surface area contributed by atoms with Crippen molar-refractivity contribution in [3.63, 3.8) is 0 Å². The third kappa shape index (κ3) is 5.29. The second-order valence-electron chi connectivity index (χ2n) is 7.17. The molecule has 0 bridgehead atoms. The van der Waals surface area contributed by atoms with Gasteiger partial charge in [0, 0.05) is 11.9 Å². The van der Waals surface area contributed by atoms with E-state index in [0.29, 0.717) is 10.9 Å². The predicted octanol–water partition coefficient (Wildman–Crippen LogP) is 4.09. The normalized spacial score (nSPS) is 17.0. The number of hydrogen-bond acceptors (Lipinski definition) is 5. The molecule has 0 aliphatic carbocycles. The molecule has 5 nitrogen and oxygen atoms in total. The summed E-state index contributed by atoms with van der Waals surface area (Å²) >= 11 is 1.47. The van der Waals surface area contributed by atoms with Crippen LogP contribution in [0.25, 0.3) is 0 Å². The number of benzene rings is 1. The van der Waals surface area contributed by atoms with Crippen LogP contribution in [0.15, 0.2) is 29.6 Å². The molecule has 140 valence electrons. The zero-order valence-corrected chi connectivity index (χ0v) is 16.5. The quantitative estimate of drug-likeness (QED) is 0.829. The summed E-state index contributed by atoms with van der Waals surface area (Å²) in [6.45, 7) is 9.17. The van der Waals surface area contributed by atoms with Crippen LogP contribution in [-0.4, -0.2) is 35.0 Å². The molecule has 1 N–H and O–H groups in total. The monoisotopic (exact) mass is 373 g/mol. The Morgan fingerprint density at radius 3 is 2.92 bits per heavy atom. The molecule has 1 fully saturated rings. The highest BCUT2D eigenvalue weighted by atomic mass is 32.1. The molecular weight excluding hydrogens is 346 g/mol. The largest absolute Gasteiger partial charge is 0.481 e. The van der Waals surface area contributed by atoms with Gasteiger partial charge < -0.3 is 4.74 Å². The number of likely N-dealkylation sites (tertiary alicyclic amines) is 1. The highest BCUT2D eigenvalue weighted by Crippen LogP contribution is 2.21. The summed E-state index contributed by atoms with van der Waals surface area (Å²) in [7, 11) is 0. The van der Waals surface area contributed by atoms with E-state index in [-0.39, 0.29) is 5.91 Å². The Kier molecular flexibility index (Phi) is 6.27. The molecular formula is C20H27N3O2S. The van der Waals surface area contributed by atoms with Crippen molar-refractivity contribution >= 4 is 22.4 Å². The summed E-state index contributed by atoms with van der Waals surface area (Å²) in [5, 5.41) is 5.53. The highest BCUT2D eigenvalue weighted by molar-refractivity contribution is 7.13. The van der Waals surface area contributed by atoms with Crippen LogP contribution in [0.1, 0.15) is 37.9 Å². The minimum Gasteiger partial charge on any atom is -0.481 e. The molecule has 1 saturated heterocycles. The Balaban J connectivity index is 1.50. The third-order valence-corrected chi connectivity index (χ3v) is 5.52. The maximum absolute atomic E-state index is 12.4. The molecule has 0 spiro atoms. The van der Waals surface area contributed by atoms with E-state index in [9.17, 15) is 4.79 Å². The van der Waals surface area contributed by atoms with Crippen molar-refractivity contribution in [3.05, 3.63) is 40.9 Å². The zero-order valence-electron chi connectivity index (χ0n) is 15.7. The molecule has 3 rings (SSSR count). The highest BCUT2D eigenvalue weighted by Gasteiger charge is 2.19. The van der Waals surface area contributed by atoms with E-state index >= 15 is 0 Å². The molecule has 1 atom stereocenters. The fraction of sp³-hybridized carbons (Fsp3) is 0.500. The lowest BCUT2D eigenvalue weighted by Crippen LogP contribution is -2.32. The molecule has 1 unspecified atom stereocenters. The van der Waals surface area contributed by atoms with Gasteiger partial charge in [0.1, 0.15) is 5.75 Å². The van der Waals surface area contributed by atoms with Crippen LogP contribution in [0.3, 0.4) is 0 Å². The standard InChI is InChI=1S/C20H27N3O2S/c1-14-7-9-23(10-8-14)12-17-13-26-20(21-17)22-19(24)16(3)25-18-6-4-5-15(2)11-18/h4-6,11,13-14,16H,7-10,12H2,1-3H3,(H,21,22,24). The van der Waals surface area contributed by atoms with Crippen molar-refractivity contribution < 1.29 is 9.53 Å². The van der Waals surface area contributed by atoms with Gasteiger partial charge in [0.15, 0.2) is 11.2 Å². The van der Waals surface area contributed by atoms with Crippen molar-refractivity contribution in [3.8, 4) is 5.75 Å². The summed E-state index contributed by atoms with van der Waals surface area (Å²) in [5.41, 5.74) is 2.12. The number of thiazole rings is 1. The van der Waals surface area contributed by atoms with Crippen LogP contribution in [0.2, 0.25) is 0 Å². The summed E-state index contributed by atoms with van der Waals surface area (Å²) < 4.78 is 5.72. The summed E-state index contributed by atoms with van der Waals surface area (Å²) in [6, 6.07) is 7.70. The van der Waals surface area contributed by atoms with E-state index in [1.807, 2.05) is 36.6 Å². The molecule has 1 aliphatic rings. The molecule has 1 amide bonds. The number of carbonyl (C=O) groups is 1. The van der Waals surface area contributed by atoms with Crippen LogP contribution < -0.4 is 10.1 Å². The van der Waals surface area contributed by atoms with E-state index in [1.165, 1.54) is 24.2 Å². The van der Waals surface area contributed by atoms with Gasteiger partial charge in [-0.2, -0.15) is 0 Å². The lowest BCUT2D eigenvalue weighted by Gasteiger charge is -2.29. The van der Waals surface area contributed by atoms with E-state index < -0.39 is 6.10 Å². The lowest BCUT2D eigenvalue weighted by atomic mass is 9.99. The first-order chi connectivity index (χ1) is 12.5. The topological polar surface area (TPSA) is 54.5 Å². The van der Waals surface area contributed by atoms with Crippen molar-refractivity contribution in [1.82, 2.24) is 9.88 Å². The Hall–Kier alpha value is -1.92. The molecule has 0 radical (unpaired) electrons. The number of piperidine rings is 1. The number of anilines is 1. The number of rotatable bonds is 6. The molecule has 2 aromatic rings. The minimum atomic E-state index is -0.576. The fourth-order valence-electron chi connectivity index (χ4n) is 3.04. The molecule has 1 aromatic carbocycles. The Bertz CT molecular complexity index is 738. The van der Waals surface area contributed by atoms with Gasteiger partial charge in [-0.3, -0.25) is 15.0 Å². The number of nitrogens with one attached hydrogen (secondary N) is 1. The van der Waals surface area contributed by atoms with Gasteiger partial charge in [-0.05, 0) is 63.4 Å². The van der Waals surface area contributed by atoms with Gasteiger partial charge in [0.2, 0.25) is 0 Å². The number of amides is 1. The SMILES string of the molecule is Cc1cccc(OC(C)C(=O)Nc2nc(CN3CCC(C)CC3)cs2)c1. The molecule has 1 aromatic heterocycles. The number of ether oxygens (including phenoxy) is 1. The van der Waals surface area contributed by atoms with Crippen molar-refractivity contribution in [1.29, 1.82) is 0 Å². The van der Waals surface area contributed by atoms with Gasteiger partial charge in [0.25, 0.3) is 5.91 Å². The number of nitrogens with zero attached hydrogens (tertiary/aromatic N) is 2. The van der Waals surface area contributed by atoms with Gasteiger partial charge in [0.05, 0.1) is 5.69 Å². The molecule has 1 aliphatic heterocycles. The predicted molar refractivity (Wildman–Crippen MR) is 106 cm³/mol. The van der Waals surface area contributed by atoms with Crippen LogP contribution >= 0.6 is 11.3 Å². The first-order valence-electron chi connectivity index (χ1n) is 9.20. The Labute approximate surface area is 159 Å². The third-order valence-electron chi connectivity index (χ3n) is 4.72. The van der Waals surface area contributed by atoms with Crippen LogP contribution in [0.5, 0.6) is 5.75 Å². The van der Waals surface area contributed by atoms with Gasteiger partial charge in [-0.15, -0.1) is 11.3 Å². The van der Waals surface area contributed by atoms with Gasteiger partial charge >= 0.3 is 0 Å². The second-order valence-corrected chi connectivity index (χ2v) is 8.03. The fourth-order valence-corrected chi connectivity index (χ4v) is 3.74. The average molecular weight is 374 g/mol. The van der Waals surface area contributed by atoms with E-state index in [0.717, 1.165) is 36.8 Å². The summed E-state index contributed by atoms with van der Waals surface area (Å²) in [6.07, 6.45) is 1.93. The summed E-state index contributed by atoms with van der Waals surface area (Å²) in [5.74, 6) is 1.34. The van der Waals surface area contributed by atoms with Crippen molar-refractivity contribution in [2.75, 3.05) is 18.4 Å². The first kappa shape index (κ1) is 18.9. The number of hydrogen-bond donors (Lipinski definition) is 1. The maximum Gasteiger partial charge on any atom is 0.266 e. The minimum absolute atomic E-state index is 0.181. The molecule has 0 saturated carbocycles. The molecule has 6 heteroatoms. The number of aryl methyl sites for hydroxylation is 1. The Morgan fingerprint density at radius 1 is 1.42 bits per heavy atom. The van der Waals surface area contributed by atoms with Crippen LogP contribution in [0.4, 0.5) is 5.13 Å². The van der Waals surface area contributed by atoms with E-state index in [2.05, 4.69) is 22.1 Å². The van der Waals surface area contributed by atoms with Crippen LogP contribution in [-0.2, 0) is 11.3 Å². The zero-order chi connectivity index (χ0) is 18.5. The average Bonchev–Trinajstić information content (AvgIpc) is 3.04. The van der Waals surface area contributed by atoms with Crippen molar-refractivity contribution in [2.45, 2.75) is 46.3 Å². The van der Waals surface area contributed by atoms with Crippen LogP contribution in [0, 0.1) is 12.8 Å². The smallest absolute Gasteiger partial charge is 0.266 e. The number of carbonyl (C=O) groups excluding carboxylic acids is 1.